The number of carboxylic acid groups (broad SMARTS) is 1. The minimum Gasteiger partial charge on any atom is -0.479 e. The highest BCUT2D eigenvalue weighted by molar-refractivity contribution is 5.83. The van der Waals surface area contributed by atoms with Gasteiger partial charge in [-0.05, 0) is 31.2 Å². The number of hydrogen-bond donors (Lipinski definition) is 3. The summed E-state index contributed by atoms with van der Waals surface area (Å²) in [6.45, 7) is 1.98. The predicted molar refractivity (Wildman–Crippen MR) is 79.9 cm³/mol. The standard InChI is InChI=1S/C16H22N2O3/c1-11(12-7-5-6-8-12)17-16(21)18-14(15(19)20)13-9-3-2-4-10-13/h2-4,9-12,14H,5-8H2,1H3,(H,19,20)(H2,17,18,21)/t11?,14-/m0/s1. The summed E-state index contributed by atoms with van der Waals surface area (Å²) in [6.07, 6.45) is 4.67. The van der Waals surface area contributed by atoms with Crippen LogP contribution in [0.1, 0.15) is 44.2 Å². The second-order valence-electron chi connectivity index (χ2n) is 5.63. The number of aliphatic carboxylic acids is 1. The van der Waals surface area contributed by atoms with E-state index in [9.17, 15) is 14.7 Å². The van der Waals surface area contributed by atoms with Crippen LogP contribution in [-0.4, -0.2) is 23.1 Å². The number of rotatable bonds is 5. The van der Waals surface area contributed by atoms with Gasteiger partial charge in [0.25, 0.3) is 0 Å². The van der Waals surface area contributed by atoms with E-state index in [4.69, 9.17) is 0 Å². The van der Waals surface area contributed by atoms with Gasteiger partial charge in [-0.25, -0.2) is 9.59 Å². The Morgan fingerprint density at radius 3 is 2.33 bits per heavy atom. The van der Waals surface area contributed by atoms with Gasteiger partial charge in [-0.3, -0.25) is 0 Å². The zero-order valence-corrected chi connectivity index (χ0v) is 12.2. The van der Waals surface area contributed by atoms with Crippen LogP contribution in [0.25, 0.3) is 0 Å². The van der Waals surface area contributed by atoms with Gasteiger partial charge in [0.1, 0.15) is 0 Å². The Morgan fingerprint density at radius 2 is 1.76 bits per heavy atom. The summed E-state index contributed by atoms with van der Waals surface area (Å²) in [5.74, 6) is -0.569. The molecule has 0 saturated heterocycles. The minimum atomic E-state index is -1.06. The zero-order chi connectivity index (χ0) is 15.2. The molecule has 1 fully saturated rings. The van der Waals surface area contributed by atoms with Crippen LogP contribution in [0, 0.1) is 5.92 Å². The molecule has 5 heteroatoms. The van der Waals surface area contributed by atoms with Crippen molar-refractivity contribution in [2.45, 2.75) is 44.7 Å². The van der Waals surface area contributed by atoms with E-state index in [0.29, 0.717) is 11.5 Å². The number of carbonyl (C=O) groups is 2. The number of amides is 2. The van der Waals surface area contributed by atoms with Crippen molar-refractivity contribution in [1.29, 1.82) is 0 Å². The summed E-state index contributed by atoms with van der Waals surface area (Å²) in [5, 5.41) is 14.7. The summed E-state index contributed by atoms with van der Waals surface area (Å²) in [7, 11) is 0. The lowest BCUT2D eigenvalue weighted by Gasteiger charge is -2.22. The van der Waals surface area contributed by atoms with Crippen molar-refractivity contribution in [3.05, 3.63) is 35.9 Å². The van der Waals surface area contributed by atoms with E-state index in [1.54, 1.807) is 24.3 Å². The van der Waals surface area contributed by atoms with Crippen LogP contribution in [0.2, 0.25) is 0 Å². The summed E-state index contributed by atoms with van der Waals surface area (Å²) >= 11 is 0. The lowest BCUT2D eigenvalue weighted by molar-refractivity contribution is -0.139. The number of carboxylic acids is 1. The first kappa shape index (κ1) is 15.4. The third kappa shape index (κ3) is 4.21. The molecule has 2 amide bonds. The van der Waals surface area contributed by atoms with Crippen molar-refractivity contribution in [3.63, 3.8) is 0 Å². The number of urea groups is 1. The van der Waals surface area contributed by atoms with Crippen LogP contribution < -0.4 is 10.6 Å². The molecule has 5 nitrogen and oxygen atoms in total. The van der Waals surface area contributed by atoms with Crippen LogP contribution in [-0.2, 0) is 4.79 Å². The SMILES string of the molecule is CC(NC(=O)N[C@H](C(=O)O)c1ccccc1)C1CCCC1. The fourth-order valence-electron chi connectivity index (χ4n) is 2.89. The molecule has 1 aliphatic rings. The van der Waals surface area contributed by atoms with Crippen molar-refractivity contribution in [2.24, 2.45) is 5.92 Å². The van der Waals surface area contributed by atoms with Gasteiger partial charge in [0.05, 0.1) is 0 Å². The monoisotopic (exact) mass is 290 g/mol. The maximum atomic E-state index is 12.0. The van der Waals surface area contributed by atoms with E-state index in [0.717, 1.165) is 12.8 Å². The Bertz CT molecular complexity index is 484. The molecule has 0 spiro atoms. The molecular formula is C16H22N2O3. The molecule has 114 valence electrons. The van der Waals surface area contributed by atoms with Gasteiger partial charge in [0, 0.05) is 6.04 Å². The van der Waals surface area contributed by atoms with E-state index in [1.807, 2.05) is 13.0 Å². The van der Waals surface area contributed by atoms with Gasteiger partial charge in [0.2, 0.25) is 0 Å². The van der Waals surface area contributed by atoms with Gasteiger partial charge < -0.3 is 15.7 Å². The van der Waals surface area contributed by atoms with Gasteiger partial charge in [-0.1, -0.05) is 43.2 Å². The van der Waals surface area contributed by atoms with E-state index in [2.05, 4.69) is 10.6 Å². The Balaban J connectivity index is 1.94. The van der Waals surface area contributed by atoms with E-state index in [-0.39, 0.29) is 6.04 Å². The summed E-state index contributed by atoms with van der Waals surface area (Å²) in [5.41, 5.74) is 0.564. The van der Waals surface area contributed by atoms with Crippen molar-refractivity contribution >= 4 is 12.0 Å². The van der Waals surface area contributed by atoms with Crippen LogP contribution in [0.15, 0.2) is 30.3 Å². The van der Waals surface area contributed by atoms with Crippen LogP contribution in [0.3, 0.4) is 0 Å². The largest absolute Gasteiger partial charge is 0.479 e. The minimum absolute atomic E-state index is 0.0673. The number of nitrogens with one attached hydrogen (secondary N) is 2. The molecule has 1 unspecified atom stereocenters. The Labute approximate surface area is 124 Å². The van der Waals surface area contributed by atoms with Gasteiger partial charge in [-0.2, -0.15) is 0 Å². The first-order chi connectivity index (χ1) is 10.1. The highest BCUT2D eigenvalue weighted by Crippen LogP contribution is 2.27. The van der Waals surface area contributed by atoms with E-state index >= 15 is 0 Å². The van der Waals surface area contributed by atoms with Crippen LogP contribution in [0.5, 0.6) is 0 Å². The highest BCUT2D eigenvalue weighted by Gasteiger charge is 2.25. The molecule has 0 aromatic heterocycles. The first-order valence-electron chi connectivity index (χ1n) is 7.42. The lowest BCUT2D eigenvalue weighted by atomic mass is 10.00. The first-order valence-corrected chi connectivity index (χ1v) is 7.42. The maximum absolute atomic E-state index is 12.0. The average Bonchev–Trinajstić information content (AvgIpc) is 2.99. The molecule has 0 radical (unpaired) electrons. The molecule has 1 aromatic rings. The molecule has 0 bridgehead atoms. The molecule has 1 aromatic carbocycles. The Morgan fingerprint density at radius 1 is 1.14 bits per heavy atom. The molecule has 0 aliphatic heterocycles. The third-order valence-corrected chi connectivity index (χ3v) is 4.12. The van der Waals surface area contributed by atoms with Crippen molar-refractivity contribution in [2.75, 3.05) is 0 Å². The maximum Gasteiger partial charge on any atom is 0.330 e. The third-order valence-electron chi connectivity index (χ3n) is 4.12. The second kappa shape index (κ2) is 7.11. The molecule has 2 atom stereocenters. The molecule has 0 heterocycles. The summed E-state index contributed by atoms with van der Waals surface area (Å²) in [4.78, 5) is 23.3. The number of carbonyl (C=O) groups excluding carboxylic acids is 1. The average molecular weight is 290 g/mol. The zero-order valence-electron chi connectivity index (χ0n) is 12.2. The van der Waals surface area contributed by atoms with E-state index in [1.165, 1.54) is 12.8 Å². The smallest absolute Gasteiger partial charge is 0.330 e. The van der Waals surface area contributed by atoms with Crippen LogP contribution in [0.4, 0.5) is 4.79 Å². The fraction of sp³-hybridized carbons (Fsp3) is 0.500. The van der Waals surface area contributed by atoms with Crippen molar-refractivity contribution in [1.82, 2.24) is 10.6 Å². The Kier molecular flexibility index (Phi) is 5.20. The van der Waals surface area contributed by atoms with Crippen molar-refractivity contribution < 1.29 is 14.7 Å². The van der Waals surface area contributed by atoms with Gasteiger partial charge in [0.15, 0.2) is 6.04 Å². The molecular weight excluding hydrogens is 268 g/mol. The number of hydrogen-bond acceptors (Lipinski definition) is 2. The fourth-order valence-corrected chi connectivity index (χ4v) is 2.89. The summed E-state index contributed by atoms with van der Waals surface area (Å²) < 4.78 is 0. The van der Waals surface area contributed by atoms with Crippen LogP contribution >= 0.6 is 0 Å². The molecule has 3 N–H and O–H groups in total. The second-order valence-corrected chi connectivity index (χ2v) is 5.63. The van der Waals surface area contributed by atoms with Crippen molar-refractivity contribution in [3.8, 4) is 0 Å². The summed E-state index contributed by atoms with van der Waals surface area (Å²) in [6, 6.07) is 7.33. The number of benzene rings is 1. The highest BCUT2D eigenvalue weighted by atomic mass is 16.4. The predicted octanol–water partition coefficient (Wildman–Crippen LogP) is 2.69. The van der Waals surface area contributed by atoms with Gasteiger partial charge >= 0.3 is 12.0 Å². The molecule has 21 heavy (non-hydrogen) atoms. The molecule has 1 saturated carbocycles. The van der Waals surface area contributed by atoms with E-state index < -0.39 is 18.0 Å². The normalized spacial score (nSPS) is 18.0. The lowest BCUT2D eigenvalue weighted by Crippen LogP contribution is -2.46. The molecule has 1 aliphatic carbocycles. The topological polar surface area (TPSA) is 78.4 Å². The quantitative estimate of drug-likeness (QED) is 0.780. The molecule has 2 rings (SSSR count). The van der Waals surface area contributed by atoms with Gasteiger partial charge in [-0.15, -0.1) is 0 Å². The Hall–Kier alpha value is -2.04.